The monoisotopic (exact) mass is 138 g/mol. The average molecular weight is 138 g/mol. The molecule has 2 fully saturated rings. The fraction of sp³-hybridized carbons (Fsp3) is 0.889. The second kappa shape index (κ2) is 2.37. The Balaban J connectivity index is 1.95. The number of carbonyl (C=O) groups excluding carboxylic acids is 1. The van der Waals surface area contributed by atoms with Crippen LogP contribution in [0, 0.1) is 17.8 Å². The third-order valence-electron chi connectivity index (χ3n) is 3.28. The highest BCUT2D eigenvalue weighted by molar-refractivity contribution is 5.50. The summed E-state index contributed by atoms with van der Waals surface area (Å²) in [6, 6.07) is 0. The molecule has 2 bridgehead atoms. The summed E-state index contributed by atoms with van der Waals surface area (Å²) in [5.74, 6) is 2.70. The van der Waals surface area contributed by atoms with Crippen molar-refractivity contribution >= 4 is 6.29 Å². The lowest BCUT2D eigenvalue weighted by molar-refractivity contribution is -0.108. The van der Waals surface area contributed by atoms with E-state index in [9.17, 15) is 4.79 Å². The predicted molar refractivity (Wildman–Crippen MR) is 39.6 cm³/mol. The highest BCUT2D eigenvalue weighted by Crippen LogP contribution is 2.49. The summed E-state index contributed by atoms with van der Waals surface area (Å²) in [5, 5.41) is 0. The molecule has 10 heavy (non-hydrogen) atoms. The lowest BCUT2D eigenvalue weighted by Crippen LogP contribution is -2.10. The van der Waals surface area contributed by atoms with Gasteiger partial charge in [0.1, 0.15) is 6.29 Å². The van der Waals surface area contributed by atoms with Gasteiger partial charge in [-0.05, 0) is 37.0 Å². The van der Waals surface area contributed by atoms with Gasteiger partial charge in [-0.1, -0.05) is 6.42 Å². The molecule has 0 radical (unpaired) electrons. The number of carbonyl (C=O) groups is 1. The molecule has 2 saturated carbocycles. The van der Waals surface area contributed by atoms with Crippen molar-refractivity contribution in [3.05, 3.63) is 0 Å². The maximum Gasteiger partial charge on any atom is 0.120 e. The molecule has 1 heteroatoms. The topological polar surface area (TPSA) is 17.1 Å². The first-order chi connectivity index (χ1) is 4.90. The minimum absolute atomic E-state index is 0.774. The Kier molecular flexibility index (Phi) is 1.51. The molecule has 0 aromatic heterocycles. The van der Waals surface area contributed by atoms with Crippen molar-refractivity contribution in [3.8, 4) is 0 Å². The standard InChI is InChI=1S/C9H14O/c10-4-3-9-6-7-1-2-8(9)5-7/h4,7-9H,1-3,5-6H2/t7-,8+,9-/m1/s1. The number of aldehydes is 1. The van der Waals surface area contributed by atoms with Crippen LogP contribution in [-0.2, 0) is 4.79 Å². The van der Waals surface area contributed by atoms with Gasteiger partial charge in [0.15, 0.2) is 0 Å². The van der Waals surface area contributed by atoms with Gasteiger partial charge in [0.25, 0.3) is 0 Å². The summed E-state index contributed by atoms with van der Waals surface area (Å²) in [5.41, 5.74) is 0. The molecule has 0 heterocycles. The van der Waals surface area contributed by atoms with E-state index in [0.717, 1.165) is 30.5 Å². The maximum absolute atomic E-state index is 10.2. The van der Waals surface area contributed by atoms with Crippen molar-refractivity contribution in [3.63, 3.8) is 0 Å². The molecule has 0 amide bonds. The van der Waals surface area contributed by atoms with Crippen LogP contribution >= 0.6 is 0 Å². The number of rotatable bonds is 2. The van der Waals surface area contributed by atoms with Gasteiger partial charge in [-0.2, -0.15) is 0 Å². The lowest BCUT2D eigenvalue weighted by atomic mass is 9.87. The molecular formula is C9H14O. The SMILES string of the molecule is O=CC[C@@H]1C[C@@H]2CC[C@H]1C2. The lowest BCUT2D eigenvalue weighted by Gasteiger charge is -2.18. The first kappa shape index (κ1) is 6.38. The molecular weight excluding hydrogens is 124 g/mol. The van der Waals surface area contributed by atoms with Crippen molar-refractivity contribution in [1.82, 2.24) is 0 Å². The Morgan fingerprint density at radius 1 is 1.30 bits per heavy atom. The van der Waals surface area contributed by atoms with E-state index in [0.29, 0.717) is 0 Å². The minimum Gasteiger partial charge on any atom is -0.303 e. The summed E-state index contributed by atoms with van der Waals surface area (Å²) in [7, 11) is 0. The van der Waals surface area contributed by atoms with E-state index in [2.05, 4.69) is 0 Å². The van der Waals surface area contributed by atoms with Crippen LogP contribution in [0.2, 0.25) is 0 Å². The van der Waals surface area contributed by atoms with E-state index in [4.69, 9.17) is 0 Å². The molecule has 56 valence electrons. The fourth-order valence-electron chi connectivity index (χ4n) is 2.79. The molecule has 0 unspecified atom stereocenters. The molecule has 2 rings (SSSR count). The Hall–Kier alpha value is -0.330. The summed E-state index contributed by atoms with van der Waals surface area (Å²) < 4.78 is 0. The first-order valence-electron chi connectivity index (χ1n) is 4.34. The summed E-state index contributed by atoms with van der Waals surface area (Å²) in [6.45, 7) is 0. The van der Waals surface area contributed by atoms with Gasteiger partial charge < -0.3 is 4.79 Å². The number of fused-ring (bicyclic) bond motifs is 2. The van der Waals surface area contributed by atoms with Gasteiger partial charge in [-0.25, -0.2) is 0 Å². The molecule has 1 nitrogen and oxygen atoms in total. The number of hydrogen-bond acceptors (Lipinski definition) is 1. The van der Waals surface area contributed by atoms with E-state index in [-0.39, 0.29) is 0 Å². The van der Waals surface area contributed by atoms with Crippen LogP contribution in [0.25, 0.3) is 0 Å². The maximum atomic E-state index is 10.2. The molecule has 0 aliphatic heterocycles. The number of hydrogen-bond donors (Lipinski definition) is 0. The Bertz CT molecular complexity index is 142. The molecule has 0 saturated heterocycles. The van der Waals surface area contributed by atoms with Crippen LogP contribution in [0.5, 0.6) is 0 Å². The fourth-order valence-corrected chi connectivity index (χ4v) is 2.79. The largest absolute Gasteiger partial charge is 0.303 e. The van der Waals surface area contributed by atoms with Crippen LogP contribution < -0.4 is 0 Å². The first-order valence-corrected chi connectivity index (χ1v) is 4.34. The van der Waals surface area contributed by atoms with Gasteiger partial charge in [-0.15, -0.1) is 0 Å². The highest BCUT2D eigenvalue weighted by Gasteiger charge is 2.38. The van der Waals surface area contributed by atoms with Gasteiger partial charge >= 0.3 is 0 Å². The van der Waals surface area contributed by atoms with Crippen LogP contribution in [0.3, 0.4) is 0 Å². The van der Waals surface area contributed by atoms with Crippen molar-refractivity contribution in [1.29, 1.82) is 0 Å². The van der Waals surface area contributed by atoms with Gasteiger partial charge in [-0.3, -0.25) is 0 Å². The molecule has 2 aliphatic carbocycles. The normalized spacial score (nSPS) is 44.2. The van der Waals surface area contributed by atoms with Crippen LogP contribution in [0.1, 0.15) is 32.1 Å². The molecule has 0 N–H and O–H groups in total. The Morgan fingerprint density at radius 3 is 2.70 bits per heavy atom. The van der Waals surface area contributed by atoms with Crippen molar-refractivity contribution < 1.29 is 4.79 Å². The molecule has 0 spiro atoms. The van der Waals surface area contributed by atoms with E-state index in [1.165, 1.54) is 25.7 Å². The quantitative estimate of drug-likeness (QED) is 0.533. The molecule has 0 aromatic carbocycles. The minimum atomic E-state index is 0.774. The Morgan fingerprint density at radius 2 is 2.20 bits per heavy atom. The second-order valence-corrected chi connectivity index (χ2v) is 3.84. The molecule has 3 atom stereocenters. The summed E-state index contributed by atoms with van der Waals surface area (Å²) in [4.78, 5) is 10.2. The van der Waals surface area contributed by atoms with E-state index in [1.54, 1.807) is 0 Å². The Labute approximate surface area is 61.8 Å². The van der Waals surface area contributed by atoms with Crippen molar-refractivity contribution in [2.75, 3.05) is 0 Å². The zero-order valence-corrected chi connectivity index (χ0v) is 6.25. The third kappa shape index (κ3) is 0.882. The highest BCUT2D eigenvalue weighted by atomic mass is 16.1. The average Bonchev–Trinajstić information content (AvgIpc) is 2.48. The van der Waals surface area contributed by atoms with Crippen molar-refractivity contribution in [2.24, 2.45) is 17.8 Å². The van der Waals surface area contributed by atoms with Crippen molar-refractivity contribution in [2.45, 2.75) is 32.1 Å². The van der Waals surface area contributed by atoms with Crippen LogP contribution in [-0.4, -0.2) is 6.29 Å². The summed E-state index contributed by atoms with van der Waals surface area (Å²) >= 11 is 0. The second-order valence-electron chi connectivity index (χ2n) is 3.84. The molecule has 0 aromatic rings. The zero-order valence-electron chi connectivity index (χ0n) is 6.25. The summed E-state index contributed by atoms with van der Waals surface area (Å²) in [6.07, 6.45) is 7.57. The van der Waals surface area contributed by atoms with Crippen LogP contribution in [0.4, 0.5) is 0 Å². The van der Waals surface area contributed by atoms with E-state index in [1.807, 2.05) is 0 Å². The smallest absolute Gasteiger partial charge is 0.120 e. The van der Waals surface area contributed by atoms with Gasteiger partial charge in [0.2, 0.25) is 0 Å². The van der Waals surface area contributed by atoms with Crippen LogP contribution in [0.15, 0.2) is 0 Å². The zero-order chi connectivity index (χ0) is 6.97. The third-order valence-corrected chi connectivity index (χ3v) is 3.28. The van der Waals surface area contributed by atoms with Gasteiger partial charge in [0.05, 0.1) is 0 Å². The molecule has 2 aliphatic rings. The van der Waals surface area contributed by atoms with Gasteiger partial charge in [0, 0.05) is 6.42 Å². The van der Waals surface area contributed by atoms with E-state index < -0.39 is 0 Å². The van der Waals surface area contributed by atoms with E-state index >= 15 is 0 Å². The predicted octanol–water partition coefficient (Wildman–Crippen LogP) is 2.01.